The highest BCUT2D eigenvalue weighted by atomic mass is 35.5. The molecule has 122 valence electrons. The normalized spacial score (nSPS) is 19.7. The van der Waals surface area contributed by atoms with Gasteiger partial charge in [-0.2, -0.15) is 0 Å². The van der Waals surface area contributed by atoms with E-state index in [1.54, 1.807) is 11.4 Å². The summed E-state index contributed by atoms with van der Waals surface area (Å²) in [6.07, 6.45) is 0.333. The van der Waals surface area contributed by atoms with Crippen LogP contribution in [0.2, 0.25) is 5.02 Å². The molecule has 2 heterocycles. The summed E-state index contributed by atoms with van der Waals surface area (Å²) in [6, 6.07) is 4.26. The highest BCUT2D eigenvalue weighted by Gasteiger charge is 2.33. The number of anilines is 1. The lowest BCUT2D eigenvalue weighted by Gasteiger charge is -2.06. The third-order valence-electron chi connectivity index (χ3n) is 3.55. The lowest BCUT2D eigenvalue weighted by atomic mass is 10.1. The number of carbonyl (C=O) groups excluding carboxylic acids is 1. The molecule has 1 aliphatic rings. The number of rotatable bonds is 3. The summed E-state index contributed by atoms with van der Waals surface area (Å²) in [5.74, 6) is -1.47. The topological polar surface area (TPSA) is 76.1 Å². The van der Waals surface area contributed by atoms with Crippen molar-refractivity contribution in [1.29, 1.82) is 0 Å². The number of thiazole rings is 1. The van der Waals surface area contributed by atoms with E-state index in [4.69, 9.17) is 11.6 Å². The number of nitrogens with one attached hydrogen (secondary N) is 1. The average molecular weight is 375 g/mol. The van der Waals surface area contributed by atoms with Crippen LogP contribution in [0.1, 0.15) is 6.42 Å². The quantitative estimate of drug-likeness (QED) is 0.896. The van der Waals surface area contributed by atoms with E-state index in [1.165, 1.54) is 23.5 Å². The van der Waals surface area contributed by atoms with Gasteiger partial charge in [-0.15, -0.1) is 11.3 Å². The largest absolute Gasteiger partial charge is 0.302 e. The first-order valence-electron chi connectivity index (χ1n) is 6.76. The van der Waals surface area contributed by atoms with Crippen molar-refractivity contribution in [2.24, 2.45) is 5.92 Å². The second kappa shape index (κ2) is 6.18. The summed E-state index contributed by atoms with van der Waals surface area (Å²) >= 11 is 6.95. The lowest BCUT2D eigenvalue weighted by Crippen LogP contribution is -2.23. The van der Waals surface area contributed by atoms with Gasteiger partial charge in [-0.05, 0) is 24.6 Å². The zero-order valence-corrected chi connectivity index (χ0v) is 14.1. The molecule has 0 saturated carbocycles. The number of hydrogen-bond acceptors (Lipinski definition) is 5. The second-order valence-corrected chi connectivity index (χ2v) is 8.75. The Morgan fingerprint density at radius 2 is 2.22 bits per heavy atom. The van der Waals surface area contributed by atoms with Gasteiger partial charge in [0, 0.05) is 10.9 Å². The van der Waals surface area contributed by atoms with Crippen LogP contribution in [0.4, 0.5) is 9.52 Å². The van der Waals surface area contributed by atoms with Crippen LogP contribution in [-0.2, 0) is 14.6 Å². The van der Waals surface area contributed by atoms with Crippen LogP contribution in [-0.4, -0.2) is 30.8 Å². The molecule has 1 aliphatic heterocycles. The molecule has 1 saturated heterocycles. The number of aromatic nitrogens is 1. The molecule has 0 radical (unpaired) electrons. The molecule has 0 bridgehead atoms. The Morgan fingerprint density at radius 1 is 1.43 bits per heavy atom. The summed E-state index contributed by atoms with van der Waals surface area (Å²) in [7, 11) is -3.11. The third kappa shape index (κ3) is 3.70. The number of sulfone groups is 1. The third-order valence-corrected chi connectivity index (χ3v) is 6.37. The lowest BCUT2D eigenvalue weighted by molar-refractivity contribution is -0.119. The van der Waals surface area contributed by atoms with Crippen molar-refractivity contribution in [3.63, 3.8) is 0 Å². The smallest absolute Gasteiger partial charge is 0.230 e. The molecular formula is C14H12ClFN2O3S2. The molecule has 0 aliphatic carbocycles. The number of amides is 1. The predicted octanol–water partition coefficient (Wildman–Crippen LogP) is 2.98. The Hall–Kier alpha value is -1.51. The van der Waals surface area contributed by atoms with E-state index in [1.807, 2.05) is 0 Å². The zero-order chi connectivity index (χ0) is 16.6. The van der Waals surface area contributed by atoms with Crippen LogP contribution in [0, 0.1) is 11.7 Å². The van der Waals surface area contributed by atoms with Gasteiger partial charge in [-0.3, -0.25) is 4.79 Å². The van der Waals surface area contributed by atoms with Crippen molar-refractivity contribution in [3.05, 3.63) is 34.4 Å². The Kier molecular flexibility index (Phi) is 4.39. The van der Waals surface area contributed by atoms with Crippen LogP contribution >= 0.6 is 22.9 Å². The maximum absolute atomic E-state index is 13.2. The fourth-order valence-electron chi connectivity index (χ4n) is 2.33. The van der Waals surface area contributed by atoms with Gasteiger partial charge < -0.3 is 5.32 Å². The van der Waals surface area contributed by atoms with Gasteiger partial charge in [0.1, 0.15) is 5.82 Å². The van der Waals surface area contributed by atoms with E-state index in [0.29, 0.717) is 22.8 Å². The SMILES string of the molecule is O=C(Nc1nc(-c2ccc(F)c(Cl)c2)cs1)C1CCS(=O)(=O)C1. The van der Waals surface area contributed by atoms with E-state index in [9.17, 15) is 17.6 Å². The van der Waals surface area contributed by atoms with E-state index >= 15 is 0 Å². The Balaban J connectivity index is 1.72. The summed E-state index contributed by atoms with van der Waals surface area (Å²) in [5.41, 5.74) is 1.20. The maximum Gasteiger partial charge on any atom is 0.230 e. The molecule has 2 aromatic rings. The first kappa shape index (κ1) is 16.4. The van der Waals surface area contributed by atoms with Crippen LogP contribution in [0.25, 0.3) is 11.3 Å². The highest BCUT2D eigenvalue weighted by molar-refractivity contribution is 7.91. The van der Waals surface area contributed by atoms with Crippen molar-refractivity contribution < 1.29 is 17.6 Å². The van der Waals surface area contributed by atoms with Crippen LogP contribution in [0.15, 0.2) is 23.6 Å². The highest BCUT2D eigenvalue weighted by Crippen LogP contribution is 2.29. The maximum atomic E-state index is 13.2. The molecule has 23 heavy (non-hydrogen) atoms. The van der Waals surface area contributed by atoms with E-state index < -0.39 is 21.6 Å². The standard InChI is InChI=1S/C14H12ClFN2O3S2/c15-10-5-8(1-2-11(10)16)12-6-22-14(17-12)18-13(19)9-3-4-23(20,21)7-9/h1-2,5-6,9H,3-4,7H2,(H,17,18,19). The molecule has 1 N–H and O–H groups in total. The molecule has 0 spiro atoms. The van der Waals surface area contributed by atoms with E-state index in [2.05, 4.69) is 10.3 Å². The van der Waals surface area contributed by atoms with Gasteiger partial charge in [-0.25, -0.2) is 17.8 Å². The molecule has 3 rings (SSSR count). The molecule has 1 aromatic carbocycles. The number of halogens is 2. The van der Waals surface area contributed by atoms with Crippen molar-refractivity contribution >= 4 is 43.8 Å². The summed E-state index contributed by atoms with van der Waals surface area (Å²) in [5, 5.41) is 4.72. The van der Waals surface area contributed by atoms with Crippen LogP contribution in [0.3, 0.4) is 0 Å². The van der Waals surface area contributed by atoms with E-state index in [0.717, 1.165) is 0 Å². The van der Waals surface area contributed by atoms with Crippen molar-refractivity contribution in [2.75, 3.05) is 16.8 Å². The molecule has 1 unspecified atom stereocenters. The van der Waals surface area contributed by atoms with Gasteiger partial charge in [0.05, 0.1) is 28.1 Å². The summed E-state index contributed by atoms with van der Waals surface area (Å²) in [4.78, 5) is 16.3. The molecular weight excluding hydrogens is 363 g/mol. The number of benzene rings is 1. The molecule has 5 nitrogen and oxygen atoms in total. The van der Waals surface area contributed by atoms with Crippen LogP contribution < -0.4 is 5.32 Å². The van der Waals surface area contributed by atoms with Gasteiger partial charge in [0.2, 0.25) is 5.91 Å². The zero-order valence-electron chi connectivity index (χ0n) is 11.8. The van der Waals surface area contributed by atoms with Gasteiger partial charge >= 0.3 is 0 Å². The molecule has 1 fully saturated rings. The van der Waals surface area contributed by atoms with Crippen molar-refractivity contribution in [1.82, 2.24) is 4.98 Å². The fourth-order valence-corrected chi connectivity index (χ4v) is 4.97. The van der Waals surface area contributed by atoms with Gasteiger partial charge in [0.15, 0.2) is 15.0 Å². The monoisotopic (exact) mass is 374 g/mol. The number of nitrogens with zero attached hydrogens (tertiary/aromatic N) is 1. The Bertz CT molecular complexity index is 867. The van der Waals surface area contributed by atoms with Crippen molar-refractivity contribution in [2.45, 2.75) is 6.42 Å². The summed E-state index contributed by atoms with van der Waals surface area (Å²) < 4.78 is 36.0. The first-order valence-corrected chi connectivity index (χ1v) is 9.84. The molecule has 9 heteroatoms. The summed E-state index contributed by atoms with van der Waals surface area (Å²) in [6.45, 7) is 0. The minimum atomic E-state index is -3.11. The first-order chi connectivity index (χ1) is 10.8. The Morgan fingerprint density at radius 3 is 2.87 bits per heavy atom. The van der Waals surface area contributed by atoms with Crippen LogP contribution in [0.5, 0.6) is 0 Å². The number of carbonyl (C=O) groups is 1. The van der Waals surface area contributed by atoms with Crippen molar-refractivity contribution in [3.8, 4) is 11.3 Å². The Labute approximate surface area is 141 Å². The molecule has 1 atom stereocenters. The van der Waals surface area contributed by atoms with E-state index in [-0.39, 0.29) is 22.4 Å². The fraction of sp³-hybridized carbons (Fsp3) is 0.286. The molecule has 1 aromatic heterocycles. The second-order valence-electron chi connectivity index (χ2n) is 5.26. The predicted molar refractivity (Wildman–Crippen MR) is 87.9 cm³/mol. The van der Waals surface area contributed by atoms with Gasteiger partial charge in [-0.1, -0.05) is 11.6 Å². The number of hydrogen-bond donors (Lipinski definition) is 1. The minimum absolute atomic E-state index is 0.00255. The molecule has 1 amide bonds. The minimum Gasteiger partial charge on any atom is -0.302 e. The van der Waals surface area contributed by atoms with Gasteiger partial charge in [0.25, 0.3) is 0 Å². The average Bonchev–Trinajstić information content (AvgIpc) is 3.08.